The van der Waals surface area contributed by atoms with Gasteiger partial charge in [0.25, 0.3) is 5.56 Å². The minimum atomic E-state index is -0.437. The fraction of sp³-hybridized carbons (Fsp3) is 0.292. The molecular weight excluding hydrogens is 462 g/mol. The number of thioether (sulfide) groups is 1. The number of halogens is 1. The fourth-order valence-corrected chi connectivity index (χ4v) is 5.14. The number of nitrogens with one attached hydrogen (secondary N) is 1. The summed E-state index contributed by atoms with van der Waals surface area (Å²) in [5.74, 6) is 1.58. The molecule has 0 radical (unpaired) electrons. The van der Waals surface area contributed by atoms with Crippen LogP contribution in [0.15, 0.2) is 52.4 Å². The Morgan fingerprint density at radius 1 is 1.21 bits per heavy atom. The summed E-state index contributed by atoms with van der Waals surface area (Å²) in [4.78, 5) is 30.1. The summed E-state index contributed by atoms with van der Waals surface area (Å²) in [6.45, 7) is 2.36. The topological polar surface area (TPSA) is 82.5 Å². The van der Waals surface area contributed by atoms with Crippen LogP contribution in [0.3, 0.4) is 0 Å². The largest absolute Gasteiger partial charge is 0.493 e. The van der Waals surface area contributed by atoms with Crippen molar-refractivity contribution in [1.82, 2.24) is 9.55 Å². The van der Waals surface area contributed by atoms with E-state index in [9.17, 15) is 9.59 Å². The Balaban J connectivity index is 1.73. The van der Waals surface area contributed by atoms with Crippen molar-refractivity contribution in [3.63, 3.8) is 0 Å². The van der Waals surface area contributed by atoms with Gasteiger partial charge in [-0.15, -0.1) is 0 Å². The summed E-state index contributed by atoms with van der Waals surface area (Å²) < 4.78 is 12.8. The van der Waals surface area contributed by atoms with Gasteiger partial charge in [0.05, 0.1) is 19.3 Å². The van der Waals surface area contributed by atoms with Gasteiger partial charge in [-0.2, -0.15) is 4.98 Å². The second kappa shape index (κ2) is 9.89. The molecule has 7 nitrogen and oxygen atoms in total. The number of ether oxygens (including phenoxy) is 2. The number of hydrogen-bond donors (Lipinski definition) is 1. The average molecular weight is 486 g/mol. The van der Waals surface area contributed by atoms with Crippen molar-refractivity contribution in [1.29, 1.82) is 0 Å². The zero-order valence-electron chi connectivity index (χ0n) is 18.6. The SMILES string of the molecule is CCOc1cc([C@@H]2CC(=O)Nc3c2c(=O)nc(SCc2ccccc2Cl)n3C)ccc1OC. The molecule has 0 aliphatic carbocycles. The van der Waals surface area contributed by atoms with Crippen molar-refractivity contribution in [2.24, 2.45) is 7.05 Å². The van der Waals surface area contributed by atoms with Crippen LogP contribution in [0.2, 0.25) is 5.02 Å². The predicted molar refractivity (Wildman–Crippen MR) is 130 cm³/mol. The third kappa shape index (κ3) is 4.72. The molecule has 1 N–H and O–H groups in total. The quantitative estimate of drug-likeness (QED) is 0.389. The van der Waals surface area contributed by atoms with Crippen LogP contribution in [0.1, 0.15) is 36.0 Å². The Bertz CT molecular complexity index is 1260. The van der Waals surface area contributed by atoms with E-state index in [1.807, 2.05) is 43.3 Å². The van der Waals surface area contributed by atoms with Gasteiger partial charge in [-0.3, -0.25) is 9.59 Å². The number of carbonyl (C=O) groups excluding carboxylic acids is 1. The van der Waals surface area contributed by atoms with Crippen molar-refractivity contribution in [2.45, 2.75) is 30.2 Å². The van der Waals surface area contributed by atoms with Crippen LogP contribution in [-0.4, -0.2) is 29.2 Å². The van der Waals surface area contributed by atoms with E-state index in [0.717, 1.165) is 11.1 Å². The highest BCUT2D eigenvalue weighted by molar-refractivity contribution is 7.98. The van der Waals surface area contributed by atoms with Gasteiger partial charge in [0, 0.05) is 30.2 Å². The molecule has 33 heavy (non-hydrogen) atoms. The monoisotopic (exact) mass is 485 g/mol. The first-order valence-corrected chi connectivity index (χ1v) is 11.9. The molecule has 1 aliphatic rings. The molecule has 1 aromatic heterocycles. The first-order valence-electron chi connectivity index (χ1n) is 10.5. The number of fused-ring (bicyclic) bond motifs is 1. The highest BCUT2D eigenvalue weighted by Gasteiger charge is 2.32. The maximum Gasteiger partial charge on any atom is 0.279 e. The van der Waals surface area contributed by atoms with E-state index >= 15 is 0 Å². The number of aromatic nitrogens is 2. The van der Waals surface area contributed by atoms with Gasteiger partial charge in [0.2, 0.25) is 5.91 Å². The lowest BCUT2D eigenvalue weighted by atomic mass is 9.86. The van der Waals surface area contributed by atoms with Crippen LogP contribution < -0.4 is 20.3 Å². The van der Waals surface area contributed by atoms with Crippen molar-refractivity contribution < 1.29 is 14.3 Å². The minimum Gasteiger partial charge on any atom is -0.493 e. The van der Waals surface area contributed by atoms with Gasteiger partial charge in [0.15, 0.2) is 16.7 Å². The predicted octanol–water partition coefficient (Wildman–Crippen LogP) is 4.61. The van der Waals surface area contributed by atoms with Gasteiger partial charge in [0.1, 0.15) is 5.82 Å². The molecule has 0 bridgehead atoms. The normalized spacial score (nSPS) is 15.0. The maximum absolute atomic E-state index is 13.2. The summed E-state index contributed by atoms with van der Waals surface area (Å²) in [6.07, 6.45) is 0.147. The van der Waals surface area contributed by atoms with E-state index in [1.54, 1.807) is 24.8 Å². The van der Waals surface area contributed by atoms with Crippen LogP contribution in [0, 0.1) is 0 Å². The molecule has 0 unspecified atom stereocenters. The number of hydrogen-bond acceptors (Lipinski definition) is 6. The standard InChI is InChI=1S/C24H24ClN3O4S/c1-4-32-19-11-14(9-10-18(19)31-3)16-12-20(29)26-22-21(16)23(30)27-24(28(22)2)33-13-15-7-5-6-8-17(15)25/h5-11,16H,4,12-13H2,1-3H3,(H,26,29)/t16-/m0/s1. The number of carbonyl (C=O) groups is 1. The zero-order valence-corrected chi connectivity index (χ0v) is 20.1. The third-order valence-electron chi connectivity index (χ3n) is 5.51. The zero-order chi connectivity index (χ0) is 23.5. The summed E-state index contributed by atoms with van der Waals surface area (Å²) in [5, 5.41) is 4.03. The first kappa shape index (κ1) is 23.2. The number of amides is 1. The molecule has 172 valence electrons. The number of anilines is 1. The highest BCUT2D eigenvalue weighted by Crippen LogP contribution is 2.39. The van der Waals surface area contributed by atoms with E-state index < -0.39 is 5.92 Å². The number of rotatable bonds is 7. The molecule has 2 heterocycles. The fourth-order valence-electron chi connectivity index (χ4n) is 3.89. The first-order chi connectivity index (χ1) is 15.9. The number of benzene rings is 2. The van der Waals surface area contributed by atoms with Crippen LogP contribution >= 0.6 is 23.4 Å². The van der Waals surface area contributed by atoms with Gasteiger partial charge in [-0.1, -0.05) is 47.6 Å². The van der Waals surface area contributed by atoms with Gasteiger partial charge >= 0.3 is 0 Å². The Morgan fingerprint density at radius 3 is 2.73 bits per heavy atom. The van der Waals surface area contributed by atoms with E-state index in [0.29, 0.717) is 45.4 Å². The van der Waals surface area contributed by atoms with Crippen LogP contribution in [0.5, 0.6) is 11.5 Å². The molecular formula is C24H24ClN3O4S. The van der Waals surface area contributed by atoms with Crippen LogP contribution in [0.4, 0.5) is 5.82 Å². The Hall–Kier alpha value is -2.97. The molecule has 2 aromatic carbocycles. The Labute approximate surface area is 201 Å². The van der Waals surface area contributed by atoms with Crippen molar-refractivity contribution >= 4 is 35.1 Å². The molecule has 1 atom stereocenters. The molecule has 4 rings (SSSR count). The lowest BCUT2D eigenvalue weighted by Gasteiger charge is -2.28. The molecule has 0 saturated heterocycles. The van der Waals surface area contributed by atoms with E-state index in [1.165, 1.54) is 11.8 Å². The third-order valence-corrected chi connectivity index (χ3v) is 6.95. The van der Waals surface area contributed by atoms with E-state index in [4.69, 9.17) is 21.1 Å². The lowest BCUT2D eigenvalue weighted by Crippen LogP contribution is -2.33. The molecule has 9 heteroatoms. The molecule has 1 amide bonds. The second-order valence-electron chi connectivity index (χ2n) is 7.55. The van der Waals surface area contributed by atoms with E-state index in [-0.39, 0.29) is 17.9 Å². The lowest BCUT2D eigenvalue weighted by molar-refractivity contribution is -0.116. The number of methoxy groups -OCH3 is 1. The summed E-state index contributed by atoms with van der Waals surface area (Å²) >= 11 is 7.65. The maximum atomic E-state index is 13.2. The van der Waals surface area contributed by atoms with Crippen molar-refractivity contribution in [3.05, 3.63) is 74.5 Å². The van der Waals surface area contributed by atoms with Crippen LogP contribution in [-0.2, 0) is 17.6 Å². The minimum absolute atomic E-state index is 0.147. The van der Waals surface area contributed by atoms with Crippen molar-refractivity contribution in [3.8, 4) is 11.5 Å². The van der Waals surface area contributed by atoms with Crippen molar-refractivity contribution in [2.75, 3.05) is 19.0 Å². The summed E-state index contributed by atoms with van der Waals surface area (Å²) in [6, 6.07) is 13.0. The smallest absolute Gasteiger partial charge is 0.279 e. The van der Waals surface area contributed by atoms with Gasteiger partial charge < -0.3 is 19.4 Å². The van der Waals surface area contributed by atoms with Crippen LogP contribution in [0.25, 0.3) is 0 Å². The van der Waals surface area contributed by atoms with Gasteiger partial charge in [-0.25, -0.2) is 0 Å². The molecule has 3 aromatic rings. The summed E-state index contributed by atoms with van der Waals surface area (Å²) in [7, 11) is 3.37. The molecule has 1 aliphatic heterocycles. The number of nitrogens with zero attached hydrogens (tertiary/aromatic N) is 2. The summed E-state index contributed by atoms with van der Waals surface area (Å²) in [5.41, 5.74) is 1.85. The molecule has 0 saturated carbocycles. The Morgan fingerprint density at radius 2 is 2.00 bits per heavy atom. The highest BCUT2D eigenvalue weighted by atomic mass is 35.5. The second-order valence-corrected chi connectivity index (χ2v) is 8.90. The van der Waals surface area contributed by atoms with Gasteiger partial charge in [-0.05, 0) is 36.2 Å². The Kier molecular flexibility index (Phi) is 6.95. The molecule has 0 spiro atoms. The molecule has 0 fully saturated rings. The average Bonchev–Trinajstić information content (AvgIpc) is 2.81. The van der Waals surface area contributed by atoms with E-state index in [2.05, 4.69) is 10.3 Å².